The van der Waals surface area contributed by atoms with Crippen LogP contribution in [0.3, 0.4) is 0 Å². The monoisotopic (exact) mass is 282 g/mol. The van der Waals surface area contributed by atoms with Gasteiger partial charge >= 0.3 is 0 Å². The van der Waals surface area contributed by atoms with Crippen molar-refractivity contribution >= 4 is 22.4 Å². The number of nitrogen functional groups attached to an aromatic ring is 1. The highest BCUT2D eigenvalue weighted by Crippen LogP contribution is 2.19. The number of likely N-dealkylation sites (tertiary alicyclic amines) is 1. The SMILES string of the molecule is CCCC(=O)NC1CCCN(Cc2cnc(N)s2)C1. The van der Waals surface area contributed by atoms with E-state index in [4.69, 9.17) is 5.73 Å². The average Bonchev–Trinajstić information content (AvgIpc) is 2.75. The van der Waals surface area contributed by atoms with Crippen molar-refractivity contribution in [2.24, 2.45) is 0 Å². The van der Waals surface area contributed by atoms with E-state index in [2.05, 4.69) is 15.2 Å². The van der Waals surface area contributed by atoms with Gasteiger partial charge in [-0.15, -0.1) is 11.3 Å². The molecule has 1 aromatic heterocycles. The fourth-order valence-electron chi connectivity index (χ4n) is 2.46. The molecule has 0 bridgehead atoms. The molecular formula is C13H22N4OS. The molecule has 1 unspecified atom stereocenters. The van der Waals surface area contributed by atoms with Crippen LogP contribution in [0.2, 0.25) is 0 Å². The third kappa shape index (κ3) is 4.47. The number of hydrogen-bond acceptors (Lipinski definition) is 5. The Labute approximate surface area is 118 Å². The molecule has 1 atom stereocenters. The molecule has 0 aliphatic carbocycles. The van der Waals surface area contributed by atoms with Crippen molar-refractivity contribution in [2.45, 2.75) is 45.2 Å². The van der Waals surface area contributed by atoms with E-state index in [1.54, 1.807) is 11.3 Å². The minimum Gasteiger partial charge on any atom is -0.375 e. The van der Waals surface area contributed by atoms with Crippen molar-refractivity contribution in [2.75, 3.05) is 18.8 Å². The van der Waals surface area contributed by atoms with Gasteiger partial charge in [0.25, 0.3) is 0 Å². The number of nitrogens with two attached hydrogens (primary N) is 1. The Morgan fingerprint density at radius 1 is 1.68 bits per heavy atom. The lowest BCUT2D eigenvalue weighted by Crippen LogP contribution is -2.47. The predicted molar refractivity (Wildman–Crippen MR) is 77.9 cm³/mol. The van der Waals surface area contributed by atoms with Gasteiger partial charge < -0.3 is 11.1 Å². The number of nitrogens with zero attached hydrogens (tertiary/aromatic N) is 2. The number of amides is 1. The van der Waals surface area contributed by atoms with E-state index in [1.165, 1.54) is 4.88 Å². The second-order valence-electron chi connectivity index (χ2n) is 5.06. The highest BCUT2D eigenvalue weighted by Gasteiger charge is 2.21. The molecule has 6 heteroatoms. The van der Waals surface area contributed by atoms with Crippen LogP contribution < -0.4 is 11.1 Å². The van der Waals surface area contributed by atoms with Gasteiger partial charge in [-0.1, -0.05) is 6.92 Å². The molecule has 1 aliphatic heterocycles. The summed E-state index contributed by atoms with van der Waals surface area (Å²) in [5, 5.41) is 3.75. The maximum Gasteiger partial charge on any atom is 0.220 e. The van der Waals surface area contributed by atoms with Gasteiger partial charge in [-0.25, -0.2) is 4.98 Å². The van der Waals surface area contributed by atoms with Gasteiger partial charge in [-0.05, 0) is 25.8 Å². The summed E-state index contributed by atoms with van der Waals surface area (Å²) in [7, 11) is 0. The van der Waals surface area contributed by atoms with Crippen LogP contribution in [0, 0.1) is 0 Å². The molecule has 1 aromatic rings. The molecule has 0 spiro atoms. The van der Waals surface area contributed by atoms with Crippen LogP contribution in [-0.4, -0.2) is 34.9 Å². The Balaban J connectivity index is 1.81. The zero-order chi connectivity index (χ0) is 13.7. The summed E-state index contributed by atoms with van der Waals surface area (Å²) in [6.45, 7) is 4.92. The van der Waals surface area contributed by atoms with Gasteiger partial charge in [-0.3, -0.25) is 9.69 Å². The van der Waals surface area contributed by atoms with E-state index in [0.29, 0.717) is 11.6 Å². The first-order valence-corrected chi connectivity index (χ1v) is 7.71. The summed E-state index contributed by atoms with van der Waals surface area (Å²) >= 11 is 1.54. The van der Waals surface area contributed by atoms with Gasteiger partial charge in [-0.2, -0.15) is 0 Å². The van der Waals surface area contributed by atoms with E-state index in [-0.39, 0.29) is 11.9 Å². The molecule has 1 aliphatic rings. The molecule has 2 rings (SSSR count). The molecule has 106 valence electrons. The second-order valence-corrected chi connectivity index (χ2v) is 6.20. The van der Waals surface area contributed by atoms with Gasteiger partial charge in [0, 0.05) is 36.6 Å². The molecule has 5 nitrogen and oxygen atoms in total. The number of nitrogens with one attached hydrogen (secondary N) is 1. The molecule has 19 heavy (non-hydrogen) atoms. The maximum atomic E-state index is 11.6. The Morgan fingerprint density at radius 2 is 2.53 bits per heavy atom. The molecule has 0 radical (unpaired) electrons. The van der Waals surface area contributed by atoms with Gasteiger partial charge in [0.2, 0.25) is 5.91 Å². The normalized spacial score (nSPS) is 20.4. The minimum atomic E-state index is 0.177. The Morgan fingerprint density at radius 3 is 3.21 bits per heavy atom. The summed E-state index contributed by atoms with van der Waals surface area (Å²) in [5.74, 6) is 0.177. The van der Waals surface area contributed by atoms with Crippen LogP contribution in [0.25, 0.3) is 0 Å². The van der Waals surface area contributed by atoms with Crippen LogP contribution in [-0.2, 0) is 11.3 Å². The summed E-state index contributed by atoms with van der Waals surface area (Å²) in [4.78, 5) is 19.3. The quantitative estimate of drug-likeness (QED) is 0.860. The largest absolute Gasteiger partial charge is 0.375 e. The number of hydrogen-bond donors (Lipinski definition) is 2. The van der Waals surface area contributed by atoms with Crippen LogP contribution in [0.1, 0.15) is 37.5 Å². The first kappa shape index (κ1) is 14.3. The van der Waals surface area contributed by atoms with E-state index in [9.17, 15) is 4.79 Å². The molecule has 0 saturated carbocycles. The fourth-order valence-corrected chi connectivity index (χ4v) is 3.19. The minimum absolute atomic E-state index is 0.177. The highest BCUT2D eigenvalue weighted by molar-refractivity contribution is 7.15. The van der Waals surface area contributed by atoms with Gasteiger partial charge in [0.15, 0.2) is 5.13 Å². The van der Waals surface area contributed by atoms with E-state index < -0.39 is 0 Å². The summed E-state index contributed by atoms with van der Waals surface area (Å²) in [5.41, 5.74) is 5.64. The van der Waals surface area contributed by atoms with Crippen molar-refractivity contribution in [1.82, 2.24) is 15.2 Å². The number of anilines is 1. The lowest BCUT2D eigenvalue weighted by Gasteiger charge is -2.32. The van der Waals surface area contributed by atoms with Crippen molar-refractivity contribution in [1.29, 1.82) is 0 Å². The van der Waals surface area contributed by atoms with E-state index >= 15 is 0 Å². The second kappa shape index (κ2) is 6.86. The number of thiazole rings is 1. The first-order valence-electron chi connectivity index (χ1n) is 6.89. The molecule has 1 fully saturated rings. The van der Waals surface area contributed by atoms with Crippen molar-refractivity contribution < 1.29 is 4.79 Å². The molecule has 3 N–H and O–H groups in total. The third-order valence-corrected chi connectivity index (χ3v) is 4.11. The fraction of sp³-hybridized carbons (Fsp3) is 0.692. The lowest BCUT2D eigenvalue weighted by molar-refractivity contribution is -0.122. The molecule has 0 aromatic carbocycles. The van der Waals surface area contributed by atoms with Crippen LogP contribution in [0.4, 0.5) is 5.13 Å². The Kier molecular flexibility index (Phi) is 5.15. The maximum absolute atomic E-state index is 11.6. The zero-order valence-corrected chi connectivity index (χ0v) is 12.2. The van der Waals surface area contributed by atoms with Crippen molar-refractivity contribution in [3.8, 4) is 0 Å². The highest BCUT2D eigenvalue weighted by atomic mass is 32.1. The zero-order valence-electron chi connectivity index (χ0n) is 11.4. The molecule has 2 heterocycles. The topological polar surface area (TPSA) is 71.2 Å². The first-order chi connectivity index (χ1) is 9.17. The van der Waals surface area contributed by atoms with Crippen LogP contribution >= 0.6 is 11.3 Å². The number of aromatic nitrogens is 1. The predicted octanol–water partition coefficient (Wildman–Crippen LogP) is 1.61. The average molecular weight is 282 g/mol. The summed E-state index contributed by atoms with van der Waals surface area (Å²) < 4.78 is 0. The Bertz CT molecular complexity index is 421. The lowest BCUT2D eigenvalue weighted by atomic mass is 10.1. The van der Waals surface area contributed by atoms with Crippen LogP contribution in [0.5, 0.6) is 0 Å². The van der Waals surface area contributed by atoms with E-state index in [0.717, 1.165) is 38.9 Å². The molecule has 1 amide bonds. The summed E-state index contributed by atoms with van der Waals surface area (Å²) in [6, 6.07) is 0.290. The van der Waals surface area contributed by atoms with Crippen molar-refractivity contribution in [3.63, 3.8) is 0 Å². The summed E-state index contributed by atoms with van der Waals surface area (Å²) in [6.07, 6.45) is 5.59. The van der Waals surface area contributed by atoms with E-state index in [1.807, 2.05) is 13.1 Å². The molecular weight excluding hydrogens is 260 g/mol. The standard InChI is InChI=1S/C13H22N4OS/c1-2-4-12(18)16-10-5-3-6-17(8-10)9-11-7-15-13(14)19-11/h7,10H,2-6,8-9H2,1H3,(H2,14,15)(H,16,18). The van der Waals surface area contributed by atoms with Gasteiger partial charge in [0.05, 0.1) is 0 Å². The number of piperidine rings is 1. The van der Waals surface area contributed by atoms with Gasteiger partial charge in [0.1, 0.15) is 0 Å². The Hall–Kier alpha value is -1.14. The smallest absolute Gasteiger partial charge is 0.220 e. The third-order valence-electron chi connectivity index (χ3n) is 3.30. The van der Waals surface area contributed by atoms with Crippen LogP contribution in [0.15, 0.2) is 6.20 Å². The number of carbonyl (C=O) groups excluding carboxylic acids is 1. The number of rotatable bonds is 5. The number of carbonyl (C=O) groups is 1. The van der Waals surface area contributed by atoms with Crippen molar-refractivity contribution in [3.05, 3.63) is 11.1 Å². The molecule has 1 saturated heterocycles.